The van der Waals surface area contributed by atoms with Crippen molar-refractivity contribution in [2.24, 2.45) is 12.5 Å². The molecule has 0 saturated carbocycles. The number of aryl methyl sites for hydroxylation is 1. The number of hydrogen-bond donors (Lipinski definition) is 5. The van der Waals surface area contributed by atoms with Crippen molar-refractivity contribution in [1.29, 1.82) is 0 Å². The lowest BCUT2D eigenvalue weighted by Crippen LogP contribution is -2.58. The summed E-state index contributed by atoms with van der Waals surface area (Å²) >= 11 is 0. The molecule has 1 aliphatic rings. The first-order valence-corrected chi connectivity index (χ1v) is 17.1. The van der Waals surface area contributed by atoms with Crippen LogP contribution in [0.1, 0.15) is 55.5 Å². The van der Waals surface area contributed by atoms with Crippen molar-refractivity contribution in [1.82, 2.24) is 30.8 Å². The van der Waals surface area contributed by atoms with Gasteiger partial charge in [-0.05, 0) is 33.2 Å². The maximum absolute atomic E-state index is 14.1. The van der Waals surface area contributed by atoms with E-state index in [4.69, 9.17) is 4.74 Å². The van der Waals surface area contributed by atoms with Crippen LogP contribution >= 0.6 is 0 Å². The molecule has 0 spiro atoms. The number of nitrogens with zero attached hydrogens (tertiary/aromatic N) is 3. The Labute approximate surface area is 298 Å². The number of aliphatic hydroxyl groups excluding tert-OH is 1. The molecular weight excluding hydrogens is 648 g/mol. The molecule has 0 bridgehead atoms. The van der Waals surface area contributed by atoms with Crippen LogP contribution in [0.15, 0.2) is 91.3 Å². The predicted octanol–water partition coefficient (Wildman–Crippen LogP) is 3.83. The van der Waals surface area contributed by atoms with Crippen LogP contribution in [0.4, 0.5) is 4.79 Å². The lowest BCUT2D eigenvalue weighted by molar-refractivity contribution is -0.143. The van der Waals surface area contributed by atoms with Gasteiger partial charge in [0.2, 0.25) is 0 Å². The second kappa shape index (κ2) is 15.9. The van der Waals surface area contributed by atoms with Crippen molar-refractivity contribution in [2.45, 2.75) is 70.4 Å². The van der Waals surface area contributed by atoms with Gasteiger partial charge in [-0.15, -0.1) is 0 Å². The number of ether oxygens (including phenoxy) is 1. The normalized spacial score (nSPS) is 17.3. The van der Waals surface area contributed by atoms with Crippen molar-refractivity contribution < 1.29 is 29.3 Å². The number of aromatic nitrogens is 2. The number of carbonyl (C=O) groups excluding carboxylic acids is 3. The number of hydrazine groups is 1. The second-order valence-corrected chi connectivity index (χ2v) is 14.3. The van der Waals surface area contributed by atoms with Crippen molar-refractivity contribution in [3.05, 3.63) is 114 Å². The van der Waals surface area contributed by atoms with Gasteiger partial charge in [0.15, 0.2) is 0 Å². The van der Waals surface area contributed by atoms with Gasteiger partial charge in [-0.2, -0.15) is 5.10 Å². The standard InChI is InChI=1S/C39H48N6O6/c1-38(2,3)34(42-37(49)51-5)35(47)43-45(24-27-15-17-28(18-16-27)30-23-40-44(4)25-30)20-19-39(50,22-26-11-7-6-8-12-26)36(48)41-33-31-14-10-9-13-29(31)21-32(33)46/h6-18,23,25,32-34,46,50H,19-22,24H2,1-5H3,(H,41,48)(H,42,49)(H,43,47)/t32-,33+,34-,39-/m1/s1. The van der Waals surface area contributed by atoms with Gasteiger partial charge >= 0.3 is 6.09 Å². The number of hydrogen-bond acceptors (Lipinski definition) is 8. The zero-order chi connectivity index (χ0) is 36.8. The molecule has 0 aliphatic heterocycles. The summed E-state index contributed by atoms with van der Waals surface area (Å²) in [5, 5.41) is 34.6. The number of carbonyl (C=O) groups is 3. The number of aliphatic hydroxyl groups is 2. The van der Waals surface area contributed by atoms with E-state index in [9.17, 15) is 24.6 Å². The highest BCUT2D eigenvalue weighted by Gasteiger charge is 2.41. The second-order valence-electron chi connectivity index (χ2n) is 14.3. The van der Waals surface area contributed by atoms with Gasteiger partial charge in [-0.3, -0.25) is 19.7 Å². The minimum absolute atomic E-state index is 0.000240. The highest BCUT2D eigenvalue weighted by Crippen LogP contribution is 2.32. The van der Waals surface area contributed by atoms with E-state index < -0.39 is 47.1 Å². The topological polar surface area (TPSA) is 158 Å². The maximum atomic E-state index is 14.1. The molecule has 51 heavy (non-hydrogen) atoms. The van der Waals surface area contributed by atoms with Gasteiger partial charge in [0.25, 0.3) is 11.8 Å². The molecule has 0 saturated heterocycles. The zero-order valence-corrected chi connectivity index (χ0v) is 29.8. The molecular formula is C39H48N6O6. The summed E-state index contributed by atoms with van der Waals surface area (Å²) in [6.07, 6.45) is 2.44. The third kappa shape index (κ3) is 9.40. The number of fused-ring (bicyclic) bond motifs is 1. The maximum Gasteiger partial charge on any atom is 0.407 e. The SMILES string of the molecule is COC(=O)N[C@H](C(=O)NN(CC[C@@](O)(Cc1ccccc1)C(=O)N[C@H]1c2ccccc2C[C@H]1O)Cc1ccc(-c2cnn(C)c2)cc1)C(C)(C)C. The van der Waals surface area contributed by atoms with E-state index in [-0.39, 0.29) is 25.9 Å². The molecule has 270 valence electrons. The van der Waals surface area contributed by atoms with Gasteiger partial charge in [0, 0.05) is 51.2 Å². The smallest absolute Gasteiger partial charge is 0.407 e. The van der Waals surface area contributed by atoms with Crippen LogP contribution in [0.3, 0.4) is 0 Å². The fourth-order valence-corrected chi connectivity index (χ4v) is 6.40. The third-order valence-electron chi connectivity index (χ3n) is 9.26. The quantitative estimate of drug-likeness (QED) is 0.132. The van der Waals surface area contributed by atoms with E-state index in [1.54, 1.807) is 15.9 Å². The van der Waals surface area contributed by atoms with Crippen molar-refractivity contribution >= 4 is 17.9 Å². The Hall–Kier alpha value is -5.04. The van der Waals surface area contributed by atoms with Gasteiger partial charge in [0.1, 0.15) is 11.6 Å². The van der Waals surface area contributed by atoms with E-state index in [0.29, 0.717) is 6.42 Å². The van der Waals surface area contributed by atoms with Crippen molar-refractivity contribution in [3.8, 4) is 11.1 Å². The average molecular weight is 697 g/mol. The van der Waals surface area contributed by atoms with Gasteiger partial charge in [0.05, 0.1) is 25.5 Å². The van der Waals surface area contributed by atoms with Crippen LogP contribution in [0.5, 0.6) is 0 Å². The molecule has 12 heteroatoms. The summed E-state index contributed by atoms with van der Waals surface area (Å²) in [5.74, 6) is -1.11. The fourth-order valence-electron chi connectivity index (χ4n) is 6.40. The Kier molecular flexibility index (Phi) is 11.6. The number of methoxy groups -OCH3 is 1. The van der Waals surface area contributed by atoms with Crippen molar-refractivity contribution in [2.75, 3.05) is 13.7 Å². The van der Waals surface area contributed by atoms with Gasteiger partial charge in [-0.1, -0.05) is 99.6 Å². The van der Waals surface area contributed by atoms with Gasteiger partial charge in [-0.25, -0.2) is 9.80 Å². The molecule has 0 unspecified atom stereocenters. The minimum atomic E-state index is -1.92. The van der Waals surface area contributed by atoms with E-state index in [1.807, 2.05) is 113 Å². The first-order chi connectivity index (χ1) is 24.3. The molecule has 4 atom stereocenters. The Morgan fingerprint density at radius 1 is 0.980 bits per heavy atom. The molecule has 1 aliphatic carbocycles. The molecule has 1 heterocycles. The van der Waals surface area contributed by atoms with E-state index in [2.05, 4.69) is 21.2 Å². The summed E-state index contributed by atoms with van der Waals surface area (Å²) in [6.45, 7) is 5.77. The van der Waals surface area contributed by atoms with E-state index >= 15 is 0 Å². The summed E-state index contributed by atoms with van der Waals surface area (Å²) in [7, 11) is 3.09. The summed E-state index contributed by atoms with van der Waals surface area (Å²) < 4.78 is 6.52. The Bertz CT molecular complexity index is 1800. The van der Waals surface area contributed by atoms with Crippen LogP contribution in [-0.2, 0) is 40.8 Å². The Morgan fingerprint density at radius 2 is 1.67 bits per heavy atom. The van der Waals surface area contributed by atoms with Gasteiger partial charge < -0.3 is 25.6 Å². The molecule has 1 aromatic heterocycles. The molecule has 3 aromatic carbocycles. The van der Waals surface area contributed by atoms with Crippen LogP contribution in [0.25, 0.3) is 11.1 Å². The molecule has 5 N–H and O–H groups in total. The van der Waals surface area contributed by atoms with E-state index in [1.165, 1.54) is 7.11 Å². The van der Waals surface area contributed by atoms with Crippen LogP contribution < -0.4 is 16.1 Å². The molecule has 0 fully saturated rings. The largest absolute Gasteiger partial charge is 0.453 e. The lowest BCUT2D eigenvalue weighted by atomic mass is 9.86. The third-order valence-corrected chi connectivity index (χ3v) is 9.26. The lowest BCUT2D eigenvalue weighted by Gasteiger charge is -2.35. The Morgan fingerprint density at radius 3 is 2.31 bits per heavy atom. The number of amides is 3. The zero-order valence-electron chi connectivity index (χ0n) is 29.8. The minimum Gasteiger partial charge on any atom is -0.453 e. The van der Waals surface area contributed by atoms with Crippen molar-refractivity contribution in [3.63, 3.8) is 0 Å². The van der Waals surface area contributed by atoms with E-state index in [0.717, 1.165) is 33.4 Å². The molecule has 3 amide bonds. The first-order valence-electron chi connectivity index (χ1n) is 17.1. The molecule has 12 nitrogen and oxygen atoms in total. The monoisotopic (exact) mass is 696 g/mol. The number of nitrogens with one attached hydrogen (secondary N) is 3. The van der Waals surface area contributed by atoms with Crippen LogP contribution in [0.2, 0.25) is 0 Å². The summed E-state index contributed by atoms with van der Waals surface area (Å²) in [5.41, 5.74) is 5.65. The molecule has 4 aromatic rings. The summed E-state index contributed by atoms with van der Waals surface area (Å²) in [4.78, 5) is 40.1. The van der Waals surface area contributed by atoms with Crippen LogP contribution in [0, 0.1) is 5.41 Å². The average Bonchev–Trinajstić information content (AvgIpc) is 3.68. The fraction of sp³-hybridized carbons (Fsp3) is 0.385. The summed E-state index contributed by atoms with van der Waals surface area (Å²) in [6, 6.07) is 22.9. The number of benzene rings is 3. The first kappa shape index (κ1) is 37.2. The highest BCUT2D eigenvalue weighted by atomic mass is 16.5. The van der Waals surface area contributed by atoms with Crippen LogP contribution in [-0.4, -0.2) is 74.3 Å². The Balaban J connectivity index is 1.41. The number of rotatable bonds is 13. The molecule has 5 rings (SSSR count). The molecule has 0 radical (unpaired) electrons. The predicted molar refractivity (Wildman–Crippen MR) is 193 cm³/mol. The highest BCUT2D eigenvalue weighted by molar-refractivity contribution is 5.87. The number of alkyl carbamates (subject to hydrolysis) is 1.